The summed E-state index contributed by atoms with van der Waals surface area (Å²) in [7, 11) is 0. The molecule has 2 aromatic rings. The van der Waals surface area contributed by atoms with Crippen LogP contribution < -0.4 is 0 Å². The maximum atomic E-state index is 10.0. The summed E-state index contributed by atoms with van der Waals surface area (Å²) < 4.78 is 2.35. The molecule has 4 rings (SSSR count). The first-order valence-corrected chi connectivity index (χ1v) is 9.38. The van der Waals surface area contributed by atoms with Gasteiger partial charge in [0.05, 0.1) is 11.5 Å². The predicted molar refractivity (Wildman–Crippen MR) is 92.6 cm³/mol. The minimum Gasteiger partial charge on any atom is -0.393 e. The molecule has 2 aromatic heterocycles. The van der Waals surface area contributed by atoms with Gasteiger partial charge in [-0.25, -0.2) is 0 Å². The first-order chi connectivity index (χ1) is 11.2. The van der Waals surface area contributed by atoms with E-state index >= 15 is 0 Å². The van der Waals surface area contributed by atoms with Crippen LogP contribution in [0.15, 0.2) is 18.7 Å². The molecular weight excluding hydrogens is 306 g/mol. The van der Waals surface area contributed by atoms with Gasteiger partial charge in [0.25, 0.3) is 0 Å². The Bertz CT molecular complexity index is 712. The molecule has 122 valence electrons. The van der Waals surface area contributed by atoms with Gasteiger partial charge in [-0.2, -0.15) is 0 Å². The van der Waals surface area contributed by atoms with Crippen molar-refractivity contribution in [2.75, 3.05) is 0 Å². The minimum atomic E-state index is -0.231. The van der Waals surface area contributed by atoms with E-state index in [0.29, 0.717) is 0 Å². The molecule has 0 atom stereocenters. The molecule has 0 unspecified atom stereocenters. The molecule has 0 aromatic carbocycles. The smallest absolute Gasteiger partial charge is 0.144 e. The molecule has 1 N–H and O–H groups in total. The normalized spacial score (nSPS) is 27.6. The molecule has 0 spiro atoms. The van der Waals surface area contributed by atoms with E-state index in [1.54, 1.807) is 11.3 Å². The van der Waals surface area contributed by atoms with Crippen molar-refractivity contribution >= 4 is 17.4 Å². The van der Waals surface area contributed by atoms with Gasteiger partial charge in [-0.3, -0.25) is 0 Å². The lowest BCUT2D eigenvalue weighted by Gasteiger charge is -2.44. The van der Waals surface area contributed by atoms with Gasteiger partial charge in [-0.05, 0) is 37.8 Å². The zero-order valence-electron chi connectivity index (χ0n) is 13.4. The van der Waals surface area contributed by atoms with Crippen LogP contribution in [-0.2, 0) is 18.4 Å². The third kappa shape index (κ3) is 2.46. The lowest BCUT2D eigenvalue weighted by Crippen LogP contribution is -2.47. The fourth-order valence-corrected chi connectivity index (χ4v) is 5.04. The molecule has 23 heavy (non-hydrogen) atoms. The van der Waals surface area contributed by atoms with Crippen LogP contribution in [0, 0.1) is 0 Å². The van der Waals surface area contributed by atoms with Gasteiger partial charge in [-0.15, -0.1) is 21.5 Å². The second-order valence-corrected chi connectivity index (χ2v) is 7.92. The van der Waals surface area contributed by atoms with Gasteiger partial charge < -0.3 is 9.67 Å². The van der Waals surface area contributed by atoms with Gasteiger partial charge in [0.1, 0.15) is 11.6 Å². The van der Waals surface area contributed by atoms with Crippen molar-refractivity contribution in [3.8, 4) is 0 Å². The molecule has 4 nitrogen and oxygen atoms in total. The third-order valence-electron chi connectivity index (χ3n) is 5.26. The highest BCUT2D eigenvalue weighted by Crippen LogP contribution is 2.51. The van der Waals surface area contributed by atoms with Crippen LogP contribution in [0.1, 0.15) is 59.9 Å². The summed E-state index contributed by atoms with van der Waals surface area (Å²) in [5, 5.41) is 19.1. The molecule has 1 aliphatic carbocycles. The molecule has 5 heteroatoms. The number of aryl methyl sites for hydroxylation is 1. The Morgan fingerprint density at radius 1 is 1.22 bits per heavy atom. The highest BCUT2D eigenvalue weighted by molar-refractivity contribution is 7.13. The largest absolute Gasteiger partial charge is 0.393 e. The van der Waals surface area contributed by atoms with Crippen molar-refractivity contribution < 1.29 is 5.11 Å². The van der Waals surface area contributed by atoms with Crippen LogP contribution in [0.4, 0.5) is 0 Å². The van der Waals surface area contributed by atoms with Crippen molar-refractivity contribution in [2.45, 2.75) is 63.0 Å². The summed E-state index contributed by atoms with van der Waals surface area (Å²) in [5.74, 6) is 2.19. The Kier molecular flexibility index (Phi) is 3.85. The van der Waals surface area contributed by atoms with Crippen LogP contribution >= 0.6 is 11.3 Å². The maximum Gasteiger partial charge on any atom is 0.144 e. The van der Waals surface area contributed by atoms with Crippen molar-refractivity contribution in [3.05, 3.63) is 40.1 Å². The highest BCUT2D eigenvalue weighted by atomic mass is 32.1. The molecule has 2 aliphatic rings. The molecule has 3 heterocycles. The number of thiophene rings is 1. The monoisotopic (exact) mass is 329 g/mol. The molecule has 0 bridgehead atoms. The van der Waals surface area contributed by atoms with Crippen LogP contribution in [0.2, 0.25) is 0 Å². The quantitative estimate of drug-likeness (QED) is 0.937. The Morgan fingerprint density at radius 3 is 2.78 bits per heavy atom. The Labute approximate surface area is 140 Å². The minimum absolute atomic E-state index is 0.157. The van der Waals surface area contributed by atoms with Crippen molar-refractivity contribution in [1.82, 2.24) is 14.8 Å². The van der Waals surface area contributed by atoms with E-state index in [9.17, 15) is 5.11 Å². The number of rotatable bonds is 3. The van der Waals surface area contributed by atoms with E-state index in [0.717, 1.165) is 37.5 Å². The number of fused-ring (bicyclic) bond motifs is 1. The molecular formula is C18H23N3OS. The summed E-state index contributed by atoms with van der Waals surface area (Å²) >= 11 is 1.77. The number of hydrogen-bond acceptors (Lipinski definition) is 4. The lowest BCUT2D eigenvalue weighted by molar-refractivity contribution is 0.0333. The average molecular weight is 329 g/mol. The van der Waals surface area contributed by atoms with Gasteiger partial charge in [0, 0.05) is 22.7 Å². The van der Waals surface area contributed by atoms with Crippen LogP contribution in [0.3, 0.4) is 0 Å². The van der Waals surface area contributed by atoms with E-state index in [1.165, 1.54) is 35.4 Å². The van der Waals surface area contributed by atoms with Crippen LogP contribution in [-0.4, -0.2) is 26.0 Å². The van der Waals surface area contributed by atoms with Crippen molar-refractivity contribution in [1.29, 1.82) is 0 Å². The van der Waals surface area contributed by atoms with Gasteiger partial charge >= 0.3 is 0 Å². The van der Waals surface area contributed by atoms with Crippen molar-refractivity contribution in [3.63, 3.8) is 0 Å². The Morgan fingerprint density at radius 2 is 2.04 bits per heavy atom. The zero-order chi connectivity index (χ0) is 15.9. The molecule has 1 saturated carbocycles. The van der Waals surface area contributed by atoms with E-state index in [4.69, 9.17) is 0 Å². The maximum absolute atomic E-state index is 10.0. The fourth-order valence-electron chi connectivity index (χ4n) is 3.97. The first kappa shape index (κ1) is 15.1. The second-order valence-electron chi connectivity index (χ2n) is 6.81. The average Bonchev–Trinajstić information content (AvgIpc) is 3.11. The highest BCUT2D eigenvalue weighted by Gasteiger charge is 2.51. The SMILES string of the molecule is C=Cc1ccc([C@]2(c3nnc4n3CCCCCC4)C[C@H](O)C2)s1. The topological polar surface area (TPSA) is 50.9 Å². The number of nitrogens with zero attached hydrogens (tertiary/aromatic N) is 3. The number of aromatic nitrogens is 3. The summed E-state index contributed by atoms with van der Waals surface area (Å²) in [6, 6.07) is 4.29. The second kappa shape index (κ2) is 5.87. The van der Waals surface area contributed by atoms with E-state index < -0.39 is 0 Å². The molecule has 1 aliphatic heterocycles. The molecule has 0 saturated heterocycles. The third-order valence-corrected chi connectivity index (χ3v) is 6.54. The standard InChI is InChI=1S/C18H23N3OS/c1-2-14-8-9-15(23-14)18(11-13(22)12-18)17-20-19-16-7-5-3-4-6-10-21(16)17/h2,8-9,13,22H,1,3-7,10-12H2/t13-,18-. The van der Waals surface area contributed by atoms with Gasteiger partial charge in [0.2, 0.25) is 0 Å². The first-order valence-electron chi connectivity index (χ1n) is 8.56. The lowest BCUT2D eigenvalue weighted by atomic mass is 9.65. The van der Waals surface area contributed by atoms with E-state index in [2.05, 4.69) is 33.5 Å². The Hall–Kier alpha value is -1.46. The predicted octanol–water partition coefficient (Wildman–Crippen LogP) is 3.54. The summed E-state index contributed by atoms with van der Waals surface area (Å²) in [6.45, 7) is 4.88. The number of aliphatic hydroxyl groups excluding tert-OH is 1. The number of hydrogen-bond donors (Lipinski definition) is 1. The van der Waals surface area contributed by atoms with Crippen molar-refractivity contribution in [2.24, 2.45) is 0 Å². The molecule has 0 radical (unpaired) electrons. The summed E-state index contributed by atoms with van der Waals surface area (Å²) in [4.78, 5) is 2.46. The summed E-state index contributed by atoms with van der Waals surface area (Å²) in [6.07, 6.45) is 9.16. The van der Waals surface area contributed by atoms with E-state index in [-0.39, 0.29) is 11.5 Å². The number of aliphatic hydroxyl groups is 1. The molecule has 1 fully saturated rings. The zero-order valence-corrected chi connectivity index (χ0v) is 14.2. The Balaban J connectivity index is 1.77. The van der Waals surface area contributed by atoms with Gasteiger partial charge in [0.15, 0.2) is 0 Å². The van der Waals surface area contributed by atoms with Crippen LogP contribution in [0.25, 0.3) is 6.08 Å². The summed E-state index contributed by atoms with van der Waals surface area (Å²) in [5.41, 5.74) is -0.157. The fraction of sp³-hybridized carbons (Fsp3) is 0.556. The van der Waals surface area contributed by atoms with Crippen LogP contribution in [0.5, 0.6) is 0 Å². The van der Waals surface area contributed by atoms with E-state index in [1.807, 2.05) is 6.08 Å². The van der Waals surface area contributed by atoms with Gasteiger partial charge in [-0.1, -0.05) is 25.5 Å². The molecule has 0 amide bonds.